The minimum Gasteiger partial charge on any atom is -0.330 e. The van der Waals surface area contributed by atoms with Crippen LogP contribution in [0.1, 0.15) is 0 Å². The molecule has 5 nitrogen and oxygen atoms in total. The number of imidazole rings is 1. The van der Waals surface area contributed by atoms with Crippen LogP contribution in [-0.2, 0) is 0 Å². The summed E-state index contributed by atoms with van der Waals surface area (Å²) in [6, 6.07) is 0. The zero-order valence-corrected chi connectivity index (χ0v) is 3.96. The monoisotopic (exact) mass is 112 g/mol. The number of nitroso groups, excluding NO2 is 1. The second-order valence-corrected chi connectivity index (χ2v) is 1.14. The van der Waals surface area contributed by atoms with Gasteiger partial charge in [-0.05, 0) is 0 Å². The van der Waals surface area contributed by atoms with Crippen molar-refractivity contribution in [3.63, 3.8) is 0 Å². The van der Waals surface area contributed by atoms with Gasteiger partial charge in [-0.1, -0.05) is 0 Å². The molecule has 0 saturated carbocycles. The van der Waals surface area contributed by atoms with Crippen LogP contribution in [-0.4, -0.2) is 9.97 Å². The average molecular weight is 112 g/mol. The van der Waals surface area contributed by atoms with Crippen molar-refractivity contribution in [1.29, 1.82) is 0 Å². The van der Waals surface area contributed by atoms with Crippen LogP contribution in [0.15, 0.2) is 17.7 Å². The number of hydrogen-bond acceptors (Lipinski definition) is 3. The molecule has 0 bridgehead atoms. The molecular formula is C3H4N4O. The van der Waals surface area contributed by atoms with Crippen LogP contribution in [0.2, 0.25) is 0 Å². The summed E-state index contributed by atoms with van der Waals surface area (Å²) in [5.74, 6) is 0.361. The lowest BCUT2D eigenvalue weighted by Gasteiger charge is -1.82. The van der Waals surface area contributed by atoms with E-state index in [2.05, 4.69) is 20.7 Å². The molecule has 5 heteroatoms. The molecule has 0 aromatic carbocycles. The Morgan fingerprint density at radius 2 is 2.75 bits per heavy atom. The van der Waals surface area contributed by atoms with Gasteiger partial charge in [-0.2, -0.15) is 0 Å². The number of nitrogens with zero attached hydrogens (tertiary/aromatic N) is 2. The van der Waals surface area contributed by atoms with E-state index in [4.69, 9.17) is 0 Å². The molecule has 42 valence electrons. The Balaban J connectivity index is 2.62. The minimum atomic E-state index is 0.361. The van der Waals surface area contributed by atoms with Crippen molar-refractivity contribution in [3.05, 3.63) is 17.3 Å². The molecule has 0 radical (unpaired) electrons. The molecule has 0 aliphatic rings. The third-order valence-corrected chi connectivity index (χ3v) is 0.650. The Hall–Kier alpha value is -1.39. The van der Waals surface area contributed by atoms with E-state index in [1.807, 2.05) is 0 Å². The molecule has 0 saturated heterocycles. The van der Waals surface area contributed by atoms with Gasteiger partial charge in [-0.3, -0.25) is 0 Å². The molecule has 0 atom stereocenters. The fourth-order valence-corrected chi connectivity index (χ4v) is 0.370. The number of H-pyrrole nitrogens is 1. The molecule has 2 N–H and O–H groups in total. The predicted octanol–water partition coefficient (Wildman–Crippen LogP) is 0.503. The smallest absolute Gasteiger partial charge is 0.223 e. The summed E-state index contributed by atoms with van der Waals surface area (Å²) >= 11 is 0. The second-order valence-electron chi connectivity index (χ2n) is 1.14. The molecule has 0 aliphatic heterocycles. The maximum atomic E-state index is 9.45. The van der Waals surface area contributed by atoms with E-state index < -0.39 is 0 Å². The number of rotatable bonds is 2. The topological polar surface area (TPSA) is 70.1 Å². The van der Waals surface area contributed by atoms with Gasteiger partial charge in [0.05, 0.1) is 5.29 Å². The first-order chi connectivity index (χ1) is 3.93. The molecule has 1 rings (SSSR count). The number of aromatic nitrogens is 2. The van der Waals surface area contributed by atoms with E-state index in [0.29, 0.717) is 5.95 Å². The average Bonchev–Trinajstić information content (AvgIpc) is 2.19. The highest BCUT2D eigenvalue weighted by molar-refractivity contribution is 5.20. The second kappa shape index (κ2) is 2.06. The van der Waals surface area contributed by atoms with Gasteiger partial charge in [0.1, 0.15) is 0 Å². The predicted molar refractivity (Wildman–Crippen MR) is 28.0 cm³/mol. The van der Waals surface area contributed by atoms with Crippen molar-refractivity contribution in [2.24, 2.45) is 5.29 Å². The first kappa shape index (κ1) is 4.76. The number of hydrogen-bond donors (Lipinski definition) is 2. The van der Waals surface area contributed by atoms with Gasteiger partial charge in [0.15, 0.2) is 0 Å². The number of anilines is 1. The van der Waals surface area contributed by atoms with Gasteiger partial charge >= 0.3 is 0 Å². The maximum Gasteiger partial charge on any atom is 0.223 e. The normalized spacial score (nSPS) is 8.50. The van der Waals surface area contributed by atoms with Gasteiger partial charge in [-0.15, -0.1) is 4.91 Å². The zero-order valence-electron chi connectivity index (χ0n) is 3.96. The van der Waals surface area contributed by atoms with Gasteiger partial charge in [0.25, 0.3) is 0 Å². The number of aromatic amines is 1. The van der Waals surface area contributed by atoms with Gasteiger partial charge in [-0.25, -0.2) is 10.4 Å². The van der Waals surface area contributed by atoms with Crippen LogP contribution in [0, 0.1) is 4.91 Å². The molecule has 0 spiro atoms. The zero-order chi connectivity index (χ0) is 5.82. The molecule has 0 aliphatic carbocycles. The molecule has 0 unspecified atom stereocenters. The van der Waals surface area contributed by atoms with Crippen molar-refractivity contribution >= 4 is 5.95 Å². The molecule has 8 heavy (non-hydrogen) atoms. The fourth-order valence-electron chi connectivity index (χ4n) is 0.370. The van der Waals surface area contributed by atoms with Crippen molar-refractivity contribution in [1.82, 2.24) is 9.97 Å². The quantitative estimate of drug-likeness (QED) is 0.432. The molecule has 1 aromatic heterocycles. The van der Waals surface area contributed by atoms with E-state index in [-0.39, 0.29) is 0 Å². The Labute approximate surface area is 45.1 Å². The lowest BCUT2D eigenvalue weighted by atomic mass is 11.0. The molecule has 1 heterocycles. The first-order valence-electron chi connectivity index (χ1n) is 2.01. The van der Waals surface area contributed by atoms with Gasteiger partial charge in [0, 0.05) is 12.4 Å². The molecular weight excluding hydrogens is 108 g/mol. The minimum absolute atomic E-state index is 0.361. The van der Waals surface area contributed by atoms with E-state index in [1.54, 1.807) is 6.20 Å². The van der Waals surface area contributed by atoms with Gasteiger partial charge < -0.3 is 4.98 Å². The van der Waals surface area contributed by atoms with Crippen molar-refractivity contribution in [3.8, 4) is 0 Å². The van der Waals surface area contributed by atoms with E-state index in [0.717, 1.165) is 0 Å². The third kappa shape index (κ3) is 0.810. The molecule has 0 fully saturated rings. The summed E-state index contributed by atoms with van der Waals surface area (Å²) in [6.07, 6.45) is 3.11. The number of nitrogens with one attached hydrogen (secondary N) is 2. The van der Waals surface area contributed by atoms with Crippen molar-refractivity contribution in [2.75, 3.05) is 5.43 Å². The molecule has 1 aromatic rings. The van der Waals surface area contributed by atoms with Crippen molar-refractivity contribution in [2.45, 2.75) is 0 Å². The highest BCUT2D eigenvalue weighted by Gasteiger charge is 1.85. The maximum absolute atomic E-state index is 9.45. The van der Waals surface area contributed by atoms with Crippen LogP contribution < -0.4 is 5.43 Å². The lowest BCUT2D eigenvalue weighted by molar-refractivity contribution is 1.19. The summed E-state index contributed by atoms with van der Waals surface area (Å²) in [7, 11) is 0. The summed E-state index contributed by atoms with van der Waals surface area (Å²) in [4.78, 5) is 15.7. The summed E-state index contributed by atoms with van der Waals surface area (Å²) < 4.78 is 0. The first-order valence-corrected chi connectivity index (χ1v) is 2.01. The summed E-state index contributed by atoms with van der Waals surface area (Å²) in [5.41, 5.74) is 2.09. The Morgan fingerprint density at radius 3 is 3.25 bits per heavy atom. The Morgan fingerprint density at radius 1 is 1.88 bits per heavy atom. The SMILES string of the molecule is O=NNc1ncc[nH]1. The molecule has 0 amide bonds. The third-order valence-electron chi connectivity index (χ3n) is 0.650. The largest absolute Gasteiger partial charge is 0.330 e. The van der Waals surface area contributed by atoms with E-state index in [9.17, 15) is 4.91 Å². The summed E-state index contributed by atoms with van der Waals surface area (Å²) in [6.45, 7) is 0. The Kier molecular flexibility index (Phi) is 1.23. The Bertz CT molecular complexity index is 158. The van der Waals surface area contributed by atoms with E-state index >= 15 is 0 Å². The van der Waals surface area contributed by atoms with E-state index in [1.165, 1.54) is 6.20 Å². The van der Waals surface area contributed by atoms with Crippen LogP contribution in [0.3, 0.4) is 0 Å². The van der Waals surface area contributed by atoms with Crippen LogP contribution >= 0.6 is 0 Å². The standard InChI is InChI=1S/C3H4N4O/c8-7-6-3-4-1-2-5-3/h1-2H,(H2,4,5,6,8). The highest BCUT2D eigenvalue weighted by Crippen LogP contribution is 1.91. The van der Waals surface area contributed by atoms with Gasteiger partial charge in [0.2, 0.25) is 5.95 Å². The fraction of sp³-hybridized carbons (Fsp3) is 0. The van der Waals surface area contributed by atoms with Crippen LogP contribution in [0.25, 0.3) is 0 Å². The van der Waals surface area contributed by atoms with Crippen molar-refractivity contribution < 1.29 is 0 Å². The van der Waals surface area contributed by atoms with Crippen LogP contribution in [0.4, 0.5) is 5.95 Å². The summed E-state index contributed by atoms with van der Waals surface area (Å²) in [5, 5.41) is 2.38. The highest BCUT2D eigenvalue weighted by atomic mass is 16.3. The lowest BCUT2D eigenvalue weighted by Crippen LogP contribution is -1.86. The van der Waals surface area contributed by atoms with Crippen LogP contribution in [0.5, 0.6) is 0 Å².